The van der Waals surface area contributed by atoms with E-state index in [2.05, 4.69) is 6.07 Å². The summed E-state index contributed by atoms with van der Waals surface area (Å²) in [5, 5.41) is 2.05. The van der Waals surface area contributed by atoms with Crippen LogP contribution in [0.4, 0.5) is 0 Å². The molecule has 0 aliphatic heterocycles. The normalized spacial score (nSPS) is 10.4. The Morgan fingerprint density at radius 1 is 1.42 bits per heavy atom. The lowest BCUT2D eigenvalue weighted by atomic mass is 10.1. The van der Waals surface area contributed by atoms with Crippen molar-refractivity contribution in [1.82, 2.24) is 0 Å². The highest BCUT2D eigenvalue weighted by atomic mass is 32.1. The van der Waals surface area contributed by atoms with Crippen LogP contribution >= 0.6 is 11.3 Å². The van der Waals surface area contributed by atoms with Gasteiger partial charge in [-0.1, -0.05) is 0 Å². The van der Waals surface area contributed by atoms with Crippen molar-refractivity contribution in [2.24, 2.45) is 5.73 Å². The van der Waals surface area contributed by atoms with Gasteiger partial charge in [-0.05, 0) is 17.5 Å². The summed E-state index contributed by atoms with van der Waals surface area (Å²) in [6.07, 6.45) is 3.41. The molecule has 0 saturated carbocycles. The number of thiophene rings is 1. The molecule has 3 heteroatoms. The molecule has 0 aliphatic rings. The highest BCUT2D eigenvalue weighted by Gasteiger charge is 2.05. The van der Waals surface area contributed by atoms with E-state index in [1.165, 1.54) is 10.4 Å². The van der Waals surface area contributed by atoms with Gasteiger partial charge in [0.05, 0.1) is 12.5 Å². The van der Waals surface area contributed by atoms with Crippen LogP contribution in [0.15, 0.2) is 34.5 Å². The van der Waals surface area contributed by atoms with Crippen molar-refractivity contribution in [2.45, 2.75) is 6.54 Å². The monoisotopic (exact) mass is 179 g/mol. The van der Waals surface area contributed by atoms with Crippen LogP contribution in [0.3, 0.4) is 0 Å². The summed E-state index contributed by atoms with van der Waals surface area (Å²) in [4.78, 5) is 1.21. The lowest BCUT2D eigenvalue weighted by Gasteiger charge is -1.95. The summed E-state index contributed by atoms with van der Waals surface area (Å²) in [5.74, 6) is 0. The first kappa shape index (κ1) is 7.58. The third kappa shape index (κ3) is 1.17. The van der Waals surface area contributed by atoms with Crippen molar-refractivity contribution in [3.63, 3.8) is 0 Å². The first-order valence-corrected chi connectivity index (χ1v) is 4.59. The Balaban J connectivity index is 2.46. The van der Waals surface area contributed by atoms with Gasteiger partial charge in [-0.25, -0.2) is 0 Å². The van der Waals surface area contributed by atoms with Crippen molar-refractivity contribution >= 4 is 11.3 Å². The van der Waals surface area contributed by atoms with E-state index in [0.717, 1.165) is 5.56 Å². The molecule has 0 unspecified atom stereocenters. The Morgan fingerprint density at radius 2 is 2.33 bits per heavy atom. The van der Waals surface area contributed by atoms with Gasteiger partial charge in [0.15, 0.2) is 0 Å². The number of hydrogen-bond acceptors (Lipinski definition) is 3. The lowest BCUT2D eigenvalue weighted by Crippen LogP contribution is -1.93. The van der Waals surface area contributed by atoms with Gasteiger partial charge < -0.3 is 10.2 Å². The third-order valence-electron chi connectivity index (χ3n) is 1.76. The minimum Gasteiger partial charge on any atom is -0.472 e. The molecular weight excluding hydrogens is 170 g/mol. The second-order valence-corrected chi connectivity index (χ2v) is 3.47. The Hall–Kier alpha value is -1.06. The van der Waals surface area contributed by atoms with Crippen molar-refractivity contribution in [1.29, 1.82) is 0 Å². The maximum absolute atomic E-state index is 5.58. The van der Waals surface area contributed by atoms with Crippen LogP contribution in [-0.2, 0) is 6.54 Å². The summed E-state index contributed by atoms with van der Waals surface area (Å²) in [7, 11) is 0. The summed E-state index contributed by atoms with van der Waals surface area (Å²) in [6.45, 7) is 0.595. The van der Waals surface area contributed by atoms with Gasteiger partial charge in [0.25, 0.3) is 0 Å². The van der Waals surface area contributed by atoms with E-state index in [1.807, 2.05) is 11.4 Å². The average molecular weight is 179 g/mol. The maximum atomic E-state index is 5.58. The first-order valence-electron chi connectivity index (χ1n) is 3.71. The van der Waals surface area contributed by atoms with Gasteiger partial charge in [-0.15, -0.1) is 11.3 Å². The SMILES string of the molecule is NCc1sccc1-c1ccoc1. The average Bonchev–Trinajstić information content (AvgIpc) is 2.74. The standard InChI is InChI=1S/C9H9NOS/c10-5-9-8(2-4-12-9)7-1-3-11-6-7/h1-4,6H,5,10H2. The van der Waals surface area contributed by atoms with E-state index in [-0.39, 0.29) is 0 Å². The molecule has 0 spiro atoms. The third-order valence-corrected chi connectivity index (χ3v) is 2.71. The maximum Gasteiger partial charge on any atom is 0.0981 e. The Morgan fingerprint density at radius 3 is 3.00 bits per heavy atom. The number of hydrogen-bond donors (Lipinski definition) is 1. The zero-order valence-electron chi connectivity index (χ0n) is 6.49. The molecule has 0 aliphatic carbocycles. The van der Waals surface area contributed by atoms with Gasteiger partial charge in [-0.2, -0.15) is 0 Å². The molecule has 0 radical (unpaired) electrons. The molecule has 2 aromatic heterocycles. The molecular formula is C9H9NOS. The predicted octanol–water partition coefficient (Wildman–Crippen LogP) is 2.47. The highest BCUT2D eigenvalue weighted by Crippen LogP contribution is 2.27. The molecule has 2 heterocycles. The van der Waals surface area contributed by atoms with E-state index in [1.54, 1.807) is 23.9 Å². The summed E-state index contributed by atoms with van der Waals surface area (Å²) in [5.41, 5.74) is 7.88. The molecule has 2 aromatic rings. The number of nitrogens with two attached hydrogens (primary N) is 1. The molecule has 0 atom stereocenters. The lowest BCUT2D eigenvalue weighted by molar-refractivity contribution is 0.568. The van der Waals surface area contributed by atoms with Crippen LogP contribution in [0, 0.1) is 0 Å². The van der Waals surface area contributed by atoms with Crippen LogP contribution in [0.25, 0.3) is 11.1 Å². The molecule has 0 fully saturated rings. The summed E-state index contributed by atoms with van der Waals surface area (Å²) >= 11 is 1.68. The second kappa shape index (κ2) is 3.13. The van der Waals surface area contributed by atoms with Gasteiger partial charge in [0.1, 0.15) is 0 Å². The molecule has 0 aromatic carbocycles. The Labute approximate surface area is 74.6 Å². The van der Waals surface area contributed by atoms with Gasteiger partial charge in [0, 0.05) is 22.5 Å². The minimum atomic E-state index is 0.595. The van der Waals surface area contributed by atoms with Crippen LogP contribution < -0.4 is 5.73 Å². The van der Waals surface area contributed by atoms with Crippen molar-refractivity contribution < 1.29 is 4.42 Å². The van der Waals surface area contributed by atoms with Crippen molar-refractivity contribution in [3.8, 4) is 11.1 Å². The molecule has 2 rings (SSSR count). The van der Waals surface area contributed by atoms with Gasteiger partial charge >= 0.3 is 0 Å². The second-order valence-electron chi connectivity index (χ2n) is 2.47. The van der Waals surface area contributed by atoms with Crippen LogP contribution in [0.1, 0.15) is 4.88 Å². The summed E-state index contributed by atoms with van der Waals surface area (Å²) < 4.78 is 5.00. The van der Waals surface area contributed by atoms with E-state index in [4.69, 9.17) is 10.2 Å². The molecule has 2 N–H and O–H groups in total. The van der Waals surface area contributed by atoms with Crippen LogP contribution in [-0.4, -0.2) is 0 Å². The van der Waals surface area contributed by atoms with Crippen molar-refractivity contribution in [2.75, 3.05) is 0 Å². The van der Waals surface area contributed by atoms with E-state index >= 15 is 0 Å². The fourth-order valence-electron chi connectivity index (χ4n) is 1.17. The molecule has 0 amide bonds. The van der Waals surface area contributed by atoms with E-state index < -0.39 is 0 Å². The Kier molecular flexibility index (Phi) is 1.98. The number of rotatable bonds is 2. The predicted molar refractivity (Wildman–Crippen MR) is 49.9 cm³/mol. The minimum absolute atomic E-state index is 0.595. The topological polar surface area (TPSA) is 39.2 Å². The fraction of sp³-hybridized carbons (Fsp3) is 0.111. The first-order chi connectivity index (χ1) is 5.92. The molecule has 2 nitrogen and oxygen atoms in total. The molecule has 62 valence electrons. The largest absolute Gasteiger partial charge is 0.472 e. The molecule has 0 bridgehead atoms. The van der Waals surface area contributed by atoms with E-state index in [9.17, 15) is 0 Å². The quantitative estimate of drug-likeness (QED) is 0.769. The van der Waals surface area contributed by atoms with Gasteiger partial charge in [-0.3, -0.25) is 0 Å². The zero-order chi connectivity index (χ0) is 8.39. The van der Waals surface area contributed by atoms with Gasteiger partial charge in [0.2, 0.25) is 0 Å². The summed E-state index contributed by atoms with van der Waals surface area (Å²) in [6, 6.07) is 4.01. The molecule has 0 saturated heterocycles. The number of furan rings is 1. The van der Waals surface area contributed by atoms with Crippen LogP contribution in [0.2, 0.25) is 0 Å². The zero-order valence-corrected chi connectivity index (χ0v) is 7.30. The van der Waals surface area contributed by atoms with Crippen LogP contribution in [0.5, 0.6) is 0 Å². The highest BCUT2D eigenvalue weighted by molar-refractivity contribution is 7.10. The Bertz CT molecular complexity index is 350. The smallest absolute Gasteiger partial charge is 0.0981 e. The fourth-order valence-corrected chi connectivity index (χ4v) is 1.95. The van der Waals surface area contributed by atoms with E-state index in [0.29, 0.717) is 6.54 Å². The molecule has 12 heavy (non-hydrogen) atoms. The van der Waals surface area contributed by atoms with Crippen molar-refractivity contribution in [3.05, 3.63) is 34.9 Å².